The molecule has 0 aromatic rings. The third-order valence-corrected chi connectivity index (χ3v) is 18.9. The highest BCUT2D eigenvalue weighted by Gasteiger charge is 2.51. The predicted octanol–water partition coefficient (Wildman–Crippen LogP) is 17.4. The van der Waals surface area contributed by atoms with Crippen LogP contribution in [0.3, 0.4) is 0 Å². The number of amides is 1. The molecule has 0 spiro atoms. The van der Waals surface area contributed by atoms with Crippen LogP contribution in [0.15, 0.2) is 72.9 Å². The lowest BCUT2D eigenvalue weighted by atomic mass is 9.97. The first-order valence-corrected chi connectivity index (χ1v) is 39.2. The zero-order valence-electron chi connectivity index (χ0n) is 60.0. The second-order valence-electron chi connectivity index (χ2n) is 27.5. The van der Waals surface area contributed by atoms with Crippen LogP contribution in [-0.4, -0.2) is 140 Å². The molecule has 12 unspecified atom stereocenters. The quantitative estimate of drug-likeness (QED) is 0.0204. The zero-order chi connectivity index (χ0) is 68.0. The van der Waals surface area contributed by atoms with Gasteiger partial charge < -0.3 is 65.1 Å². The van der Waals surface area contributed by atoms with E-state index >= 15 is 0 Å². The topological polar surface area (TPSA) is 228 Å². The SMILES string of the molecule is CC/C=C\C/C=C\C/C=C\C/C=C\C/C=C\CCCCCCCCCCCCCCCCCCCCCCCCCC(=O)NC(COC1OC(CO)C(OC2OC(CO)C(O)C(O)C2O)C(O)C1O)C(O)/C=C/CCCCCCCCCCCCCCCCCCCCC. The maximum absolute atomic E-state index is 13.4. The fraction of sp³-hybridized carbons (Fsp3) is 0.838. The molecule has 2 fully saturated rings. The summed E-state index contributed by atoms with van der Waals surface area (Å²) in [4.78, 5) is 13.4. The number of unbranched alkanes of at least 4 members (excludes halogenated alkanes) is 42. The van der Waals surface area contributed by atoms with Crippen molar-refractivity contribution in [3.63, 3.8) is 0 Å². The Morgan fingerprint density at radius 1 is 0.394 bits per heavy atom. The molecular formula is C80H145NO13. The zero-order valence-corrected chi connectivity index (χ0v) is 60.0. The number of nitrogens with one attached hydrogen (secondary N) is 1. The van der Waals surface area contributed by atoms with Crippen molar-refractivity contribution in [3.05, 3.63) is 72.9 Å². The molecule has 2 rings (SSSR count). The Labute approximate surface area is 574 Å². The van der Waals surface area contributed by atoms with E-state index in [9.17, 15) is 45.6 Å². The molecule has 9 N–H and O–H groups in total. The number of carbonyl (C=O) groups is 1. The van der Waals surface area contributed by atoms with Gasteiger partial charge in [0.15, 0.2) is 12.6 Å². The molecule has 0 saturated carbocycles. The molecule has 0 aromatic heterocycles. The summed E-state index contributed by atoms with van der Waals surface area (Å²) >= 11 is 0. The van der Waals surface area contributed by atoms with Crippen LogP contribution >= 0.6 is 0 Å². The minimum absolute atomic E-state index is 0.234. The average Bonchev–Trinajstić information content (AvgIpc) is 0.794. The number of aliphatic hydroxyl groups excluding tert-OH is 8. The van der Waals surface area contributed by atoms with Crippen molar-refractivity contribution in [2.45, 2.75) is 408 Å². The van der Waals surface area contributed by atoms with E-state index in [-0.39, 0.29) is 18.9 Å². The molecule has 12 atom stereocenters. The summed E-state index contributed by atoms with van der Waals surface area (Å²) in [6.07, 6.45) is 71.2. The highest BCUT2D eigenvalue weighted by Crippen LogP contribution is 2.30. The van der Waals surface area contributed by atoms with Crippen molar-refractivity contribution in [1.29, 1.82) is 0 Å². The van der Waals surface area contributed by atoms with Crippen LogP contribution in [0.4, 0.5) is 0 Å². The van der Waals surface area contributed by atoms with Crippen molar-refractivity contribution in [3.8, 4) is 0 Å². The highest BCUT2D eigenvalue weighted by atomic mass is 16.7. The Morgan fingerprint density at radius 3 is 1.13 bits per heavy atom. The minimum atomic E-state index is -1.79. The lowest BCUT2D eigenvalue weighted by Gasteiger charge is -2.46. The van der Waals surface area contributed by atoms with Crippen molar-refractivity contribution >= 4 is 5.91 Å². The standard InChI is InChI=1S/C80H145NO13/c1-3-5-7-9-11-13-15-17-19-21-23-25-26-27-28-29-30-31-32-33-34-35-36-37-38-39-40-41-42-44-46-48-50-52-54-56-58-60-62-64-72(85)81-68(69(84)63-61-59-57-55-53-51-49-47-45-43-24-22-20-18-16-14-12-10-8-6-4-2)67-91-79-77(90)75(88)78(71(66-83)93-79)94-80-76(89)74(87)73(86)70(65-82)92-80/h5,7,11,13,17,19,23,25,27-28,61,63,68-71,73-80,82-84,86-90H,3-4,6,8-10,12,14-16,18,20-22,24,26,29-60,62,64-67H2,1-2H3,(H,81,85)/b7-5-,13-11-,19-17-,25-23-,28-27-,63-61+. The van der Waals surface area contributed by atoms with Gasteiger partial charge in [-0.1, -0.05) is 337 Å². The third-order valence-electron chi connectivity index (χ3n) is 18.9. The predicted molar refractivity (Wildman–Crippen MR) is 387 cm³/mol. The molecule has 0 bridgehead atoms. The number of ether oxygens (including phenoxy) is 4. The largest absolute Gasteiger partial charge is 0.394 e. The fourth-order valence-corrected chi connectivity index (χ4v) is 12.7. The molecule has 1 amide bonds. The van der Waals surface area contributed by atoms with Crippen LogP contribution in [0.5, 0.6) is 0 Å². The molecule has 0 aromatic carbocycles. The number of hydrogen-bond donors (Lipinski definition) is 9. The molecule has 94 heavy (non-hydrogen) atoms. The molecule has 2 heterocycles. The molecule has 548 valence electrons. The maximum Gasteiger partial charge on any atom is 0.220 e. The van der Waals surface area contributed by atoms with Crippen molar-refractivity contribution in [2.24, 2.45) is 0 Å². The Hall–Kier alpha value is -2.57. The first kappa shape index (κ1) is 87.5. The van der Waals surface area contributed by atoms with Gasteiger partial charge in [-0.3, -0.25) is 4.79 Å². The van der Waals surface area contributed by atoms with Crippen LogP contribution < -0.4 is 5.32 Å². The van der Waals surface area contributed by atoms with E-state index in [1.165, 1.54) is 238 Å². The van der Waals surface area contributed by atoms with E-state index in [4.69, 9.17) is 18.9 Å². The molecule has 0 radical (unpaired) electrons. The summed E-state index contributed by atoms with van der Waals surface area (Å²) in [7, 11) is 0. The van der Waals surface area contributed by atoms with E-state index in [1.807, 2.05) is 6.08 Å². The normalized spacial score (nSPS) is 22.8. The smallest absolute Gasteiger partial charge is 0.220 e. The number of hydrogen-bond acceptors (Lipinski definition) is 13. The average molecular weight is 1330 g/mol. The van der Waals surface area contributed by atoms with Crippen LogP contribution in [0.2, 0.25) is 0 Å². The first-order valence-electron chi connectivity index (χ1n) is 39.2. The van der Waals surface area contributed by atoms with Gasteiger partial charge in [-0.15, -0.1) is 0 Å². The summed E-state index contributed by atoms with van der Waals surface area (Å²) in [5.41, 5.74) is 0. The van der Waals surface area contributed by atoms with Gasteiger partial charge >= 0.3 is 0 Å². The van der Waals surface area contributed by atoms with Gasteiger partial charge in [0.05, 0.1) is 32.0 Å². The summed E-state index contributed by atoms with van der Waals surface area (Å²) < 4.78 is 22.9. The van der Waals surface area contributed by atoms with Crippen LogP contribution in [0.25, 0.3) is 0 Å². The second kappa shape index (κ2) is 63.8. The van der Waals surface area contributed by atoms with Gasteiger partial charge in [0.2, 0.25) is 5.91 Å². The molecule has 14 nitrogen and oxygen atoms in total. The Balaban J connectivity index is 1.58. The van der Waals surface area contributed by atoms with E-state index in [2.05, 4.69) is 79.9 Å². The molecule has 14 heteroatoms. The fourth-order valence-electron chi connectivity index (χ4n) is 12.7. The van der Waals surface area contributed by atoms with E-state index in [0.29, 0.717) is 6.42 Å². The summed E-state index contributed by atoms with van der Waals surface area (Å²) in [6, 6.07) is -0.916. The van der Waals surface area contributed by atoms with Gasteiger partial charge in [0.25, 0.3) is 0 Å². The Bertz CT molecular complexity index is 1860. The van der Waals surface area contributed by atoms with Gasteiger partial charge in [-0.2, -0.15) is 0 Å². The summed E-state index contributed by atoms with van der Waals surface area (Å²) in [5, 5.41) is 87.6. The van der Waals surface area contributed by atoms with Gasteiger partial charge in [-0.05, 0) is 64.2 Å². The van der Waals surface area contributed by atoms with Crippen molar-refractivity contribution < 1.29 is 64.6 Å². The molecule has 2 aliphatic rings. The van der Waals surface area contributed by atoms with E-state index < -0.39 is 86.8 Å². The number of rotatable bonds is 65. The maximum atomic E-state index is 13.4. The van der Waals surface area contributed by atoms with Gasteiger partial charge in [-0.25, -0.2) is 0 Å². The molecule has 2 saturated heterocycles. The van der Waals surface area contributed by atoms with Crippen LogP contribution in [0, 0.1) is 0 Å². The van der Waals surface area contributed by atoms with E-state index in [1.54, 1.807) is 6.08 Å². The van der Waals surface area contributed by atoms with Crippen LogP contribution in [-0.2, 0) is 23.7 Å². The molecule has 2 aliphatic heterocycles. The number of carbonyl (C=O) groups excluding carboxylic acids is 1. The van der Waals surface area contributed by atoms with Crippen molar-refractivity contribution in [2.75, 3.05) is 19.8 Å². The van der Waals surface area contributed by atoms with Gasteiger partial charge in [0.1, 0.15) is 48.8 Å². The van der Waals surface area contributed by atoms with Crippen molar-refractivity contribution in [1.82, 2.24) is 5.32 Å². The number of aliphatic hydroxyl groups is 8. The Kier molecular flexibility index (Phi) is 59.4. The molecule has 0 aliphatic carbocycles. The van der Waals surface area contributed by atoms with Gasteiger partial charge in [0, 0.05) is 6.42 Å². The number of allylic oxidation sites excluding steroid dienone is 11. The second-order valence-corrected chi connectivity index (χ2v) is 27.5. The Morgan fingerprint density at radius 2 is 0.734 bits per heavy atom. The third kappa shape index (κ3) is 46.7. The highest BCUT2D eigenvalue weighted by molar-refractivity contribution is 5.76. The first-order chi connectivity index (χ1) is 46.1. The van der Waals surface area contributed by atoms with E-state index in [0.717, 1.165) is 70.6 Å². The molecular weight excluding hydrogens is 1180 g/mol. The monoisotopic (exact) mass is 1330 g/mol. The van der Waals surface area contributed by atoms with Crippen LogP contribution in [0.1, 0.15) is 335 Å². The lowest BCUT2D eigenvalue weighted by molar-refractivity contribution is -0.359. The summed E-state index contributed by atoms with van der Waals surface area (Å²) in [6.45, 7) is 2.73. The minimum Gasteiger partial charge on any atom is -0.394 e. The summed E-state index contributed by atoms with van der Waals surface area (Å²) in [5.74, 6) is -0.234. The lowest BCUT2D eigenvalue weighted by Crippen LogP contribution is -2.65.